The SMILES string of the molecule is COc1ccc(C(C)NC(=O)C2CCCC(N)C2)cc1. The molecule has 20 heavy (non-hydrogen) atoms. The van der Waals surface area contributed by atoms with E-state index in [-0.39, 0.29) is 23.9 Å². The van der Waals surface area contributed by atoms with Gasteiger partial charge in [0.05, 0.1) is 13.2 Å². The molecule has 0 heterocycles. The number of carbonyl (C=O) groups excluding carboxylic acids is 1. The number of ether oxygens (including phenoxy) is 1. The number of amides is 1. The van der Waals surface area contributed by atoms with Gasteiger partial charge in [-0.15, -0.1) is 0 Å². The van der Waals surface area contributed by atoms with E-state index in [9.17, 15) is 4.79 Å². The molecule has 4 nitrogen and oxygen atoms in total. The van der Waals surface area contributed by atoms with Gasteiger partial charge in [-0.1, -0.05) is 18.6 Å². The molecule has 0 aliphatic heterocycles. The van der Waals surface area contributed by atoms with E-state index in [1.165, 1.54) is 0 Å². The quantitative estimate of drug-likeness (QED) is 0.887. The first-order valence-corrected chi connectivity index (χ1v) is 7.30. The summed E-state index contributed by atoms with van der Waals surface area (Å²) in [4.78, 5) is 12.3. The number of benzene rings is 1. The second-order valence-corrected chi connectivity index (χ2v) is 5.63. The minimum Gasteiger partial charge on any atom is -0.497 e. The summed E-state index contributed by atoms with van der Waals surface area (Å²) >= 11 is 0. The Morgan fingerprint density at radius 2 is 2.05 bits per heavy atom. The van der Waals surface area contributed by atoms with Crippen LogP contribution in [0.25, 0.3) is 0 Å². The Balaban J connectivity index is 1.92. The van der Waals surface area contributed by atoms with Crippen LogP contribution < -0.4 is 15.8 Å². The molecule has 0 aromatic heterocycles. The van der Waals surface area contributed by atoms with Crippen LogP contribution >= 0.6 is 0 Å². The first kappa shape index (κ1) is 14.9. The van der Waals surface area contributed by atoms with Crippen molar-refractivity contribution >= 4 is 5.91 Å². The van der Waals surface area contributed by atoms with Gasteiger partial charge < -0.3 is 15.8 Å². The summed E-state index contributed by atoms with van der Waals surface area (Å²) in [5.41, 5.74) is 7.03. The van der Waals surface area contributed by atoms with Crippen molar-refractivity contribution in [3.63, 3.8) is 0 Å². The van der Waals surface area contributed by atoms with Crippen LogP contribution in [0.3, 0.4) is 0 Å². The minimum atomic E-state index is 0.00607. The molecule has 1 amide bonds. The van der Waals surface area contributed by atoms with Gasteiger partial charge in [-0.25, -0.2) is 0 Å². The Morgan fingerprint density at radius 3 is 2.65 bits per heavy atom. The summed E-state index contributed by atoms with van der Waals surface area (Å²) in [5.74, 6) is 1.02. The Hall–Kier alpha value is -1.55. The highest BCUT2D eigenvalue weighted by Gasteiger charge is 2.26. The Kier molecular flexibility index (Phi) is 5.01. The van der Waals surface area contributed by atoms with Crippen molar-refractivity contribution in [1.29, 1.82) is 0 Å². The zero-order valence-corrected chi connectivity index (χ0v) is 12.3. The number of nitrogens with two attached hydrogens (primary N) is 1. The molecular formula is C16H24N2O2. The van der Waals surface area contributed by atoms with E-state index in [2.05, 4.69) is 5.32 Å². The number of methoxy groups -OCH3 is 1. The van der Waals surface area contributed by atoms with Crippen LogP contribution in [0.2, 0.25) is 0 Å². The third kappa shape index (κ3) is 3.73. The van der Waals surface area contributed by atoms with E-state index in [1.807, 2.05) is 31.2 Å². The summed E-state index contributed by atoms with van der Waals surface area (Å²) in [5, 5.41) is 3.09. The summed E-state index contributed by atoms with van der Waals surface area (Å²) < 4.78 is 5.14. The highest BCUT2D eigenvalue weighted by molar-refractivity contribution is 5.79. The van der Waals surface area contributed by atoms with Crippen LogP contribution in [0.15, 0.2) is 24.3 Å². The molecule has 3 unspecified atom stereocenters. The predicted molar refractivity (Wildman–Crippen MR) is 79.5 cm³/mol. The van der Waals surface area contributed by atoms with Gasteiger partial charge in [0, 0.05) is 12.0 Å². The normalized spacial score (nSPS) is 23.9. The Labute approximate surface area is 120 Å². The highest BCUT2D eigenvalue weighted by Crippen LogP contribution is 2.24. The molecule has 4 heteroatoms. The van der Waals surface area contributed by atoms with Crippen molar-refractivity contribution in [2.75, 3.05) is 7.11 Å². The molecule has 1 aliphatic rings. The third-order valence-electron chi connectivity index (χ3n) is 4.06. The van der Waals surface area contributed by atoms with Crippen LogP contribution in [0.1, 0.15) is 44.2 Å². The lowest BCUT2D eigenvalue weighted by atomic mass is 9.85. The minimum absolute atomic E-state index is 0.00607. The largest absolute Gasteiger partial charge is 0.497 e. The second kappa shape index (κ2) is 6.75. The van der Waals surface area contributed by atoms with Gasteiger partial charge in [0.15, 0.2) is 0 Å². The lowest BCUT2D eigenvalue weighted by Gasteiger charge is -2.27. The molecular weight excluding hydrogens is 252 g/mol. The van der Waals surface area contributed by atoms with Crippen LogP contribution in [0.5, 0.6) is 5.75 Å². The highest BCUT2D eigenvalue weighted by atomic mass is 16.5. The fourth-order valence-corrected chi connectivity index (χ4v) is 2.77. The van der Waals surface area contributed by atoms with E-state index in [4.69, 9.17) is 10.5 Å². The van der Waals surface area contributed by atoms with Gasteiger partial charge in [0.25, 0.3) is 0 Å². The van der Waals surface area contributed by atoms with Gasteiger partial charge in [0.2, 0.25) is 5.91 Å². The number of rotatable bonds is 4. The van der Waals surface area contributed by atoms with E-state index >= 15 is 0 Å². The van der Waals surface area contributed by atoms with Gasteiger partial charge in [-0.05, 0) is 43.9 Å². The van der Waals surface area contributed by atoms with E-state index in [0.29, 0.717) is 0 Å². The first-order chi connectivity index (χ1) is 9.60. The van der Waals surface area contributed by atoms with Crippen LogP contribution in [-0.2, 0) is 4.79 Å². The lowest BCUT2D eigenvalue weighted by Crippen LogP contribution is -2.38. The van der Waals surface area contributed by atoms with Crippen molar-refractivity contribution in [2.24, 2.45) is 11.7 Å². The van der Waals surface area contributed by atoms with Crippen LogP contribution in [0, 0.1) is 5.92 Å². The molecule has 1 aromatic carbocycles. The zero-order chi connectivity index (χ0) is 14.5. The molecule has 0 spiro atoms. The van der Waals surface area contributed by atoms with Gasteiger partial charge in [-0.2, -0.15) is 0 Å². The topological polar surface area (TPSA) is 64.3 Å². The van der Waals surface area contributed by atoms with Gasteiger partial charge >= 0.3 is 0 Å². The molecule has 1 aromatic rings. The van der Waals surface area contributed by atoms with Crippen molar-refractivity contribution in [3.8, 4) is 5.75 Å². The second-order valence-electron chi connectivity index (χ2n) is 5.63. The van der Waals surface area contributed by atoms with E-state index in [0.717, 1.165) is 37.0 Å². The maximum absolute atomic E-state index is 12.3. The molecule has 1 saturated carbocycles. The van der Waals surface area contributed by atoms with Crippen molar-refractivity contribution in [3.05, 3.63) is 29.8 Å². The monoisotopic (exact) mass is 276 g/mol. The molecule has 0 bridgehead atoms. The van der Waals surface area contributed by atoms with Crippen molar-refractivity contribution in [1.82, 2.24) is 5.32 Å². The zero-order valence-electron chi connectivity index (χ0n) is 12.3. The molecule has 2 rings (SSSR count). The molecule has 0 saturated heterocycles. The molecule has 1 fully saturated rings. The van der Waals surface area contributed by atoms with Crippen LogP contribution in [0.4, 0.5) is 0 Å². The molecule has 0 radical (unpaired) electrons. The molecule has 1 aliphatic carbocycles. The molecule has 110 valence electrons. The standard InChI is InChI=1S/C16H24N2O2/c1-11(12-6-8-15(20-2)9-7-12)18-16(19)13-4-3-5-14(17)10-13/h6-9,11,13-14H,3-5,10,17H2,1-2H3,(H,18,19). The predicted octanol–water partition coefficient (Wildman–Crippen LogP) is 2.39. The summed E-state index contributed by atoms with van der Waals surface area (Å²) in [6.07, 6.45) is 3.85. The number of hydrogen-bond donors (Lipinski definition) is 2. The maximum Gasteiger partial charge on any atom is 0.223 e. The molecule has 3 atom stereocenters. The van der Waals surface area contributed by atoms with Crippen molar-refractivity contribution in [2.45, 2.75) is 44.7 Å². The Bertz CT molecular complexity index is 444. The lowest BCUT2D eigenvalue weighted by molar-refractivity contribution is -0.126. The number of hydrogen-bond acceptors (Lipinski definition) is 3. The molecule has 3 N–H and O–H groups in total. The summed E-state index contributed by atoms with van der Waals surface area (Å²) in [7, 11) is 1.65. The smallest absolute Gasteiger partial charge is 0.223 e. The van der Waals surface area contributed by atoms with Gasteiger partial charge in [-0.3, -0.25) is 4.79 Å². The van der Waals surface area contributed by atoms with Crippen molar-refractivity contribution < 1.29 is 9.53 Å². The number of carbonyl (C=O) groups is 1. The fourth-order valence-electron chi connectivity index (χ4n) is 2.77. The van der Waals surface area contributed by atoms with E-state index < -0.39 is 0 Å². The fraction of sp³-hybridized carbons (Fsp3) is 0.562. The van der Waals surface area contributed by atoms with Crippen LogP contribution in [-0.4, -0.2) is 19.1 Å². The Morgan fingerprint density at radius 1 is 1.35 bits per heavy atom. The summed E-state index contributed by atoms with van der Waals surface area (Å²) in [6, 6.07) is 7.97. The number of nitrogens with one attached hydrogen (secondary N) is 1. The van der Waals surface area contributed by atoms with Gasteiger partial charge in [0.1, 0.15) is 5.75 Å². The average Bonchev–Trinajstić information content (AvgIpc) is 2.47. The summed E-state index contributed by atoms with van der Waals surface area (Å²) in [6.45, 7) is 2.00. The third-order valence-corrected chi connectivity index (χ3v) is 4.06. The first-order valence-electron chi connectivity index (χ1n) is 7.30. The van der Waals surface area contributed by atoms with E-state index in [1.54, 1.807) is 7.11 Å². The maximum atomic E-state index is 12.3. The average molecular weight is 276 g/mol.